The first kappa shape index (κ1) is 15.3. The van der Waals surface area contributed by atoms with E-state index in [0.717, 1.165) is 18.8 Å². The molecule has 19 heavy (non-hydrogen) atoms. The van der Waals surface area contributed by atoms with Gasteiger partial charge in [0, 0.05) is 13.1 Å². The van der Waals surface area contributed by atoms with E-state index in [4.69, 9.17) is 10.5 Å². The summed E-state index contributed by atoms with van der Waals surface area (Å²) in [7, 11) is 0. The number of carbonyl (C=O) groups excluding carboxylic acids is 1. The Balaban J connectivity index is 3.04. The van der Waals surface area contributed by atoms with E-state index in [0.29, 0.717) is 23.8 Å². The van der Waals surface area contributed by atoms with Crippen LogP contribution in [0, 0.1) is 5.92 Å². The van der Waals surface area contributed by atoms with Gasteiger partial charge in [-0.15, -0.1) is 0 Å². The predicted octanol–water partition coefficient (Wildman–Crippen LogP) is 2.93. The fraction of sp³-hybridized carbons (Fsp3) is 0.533. The molecule has 4 heteroatoms. The number of rotatable bonds is 6. The minimum atomic E-state index is -0.302. The average Bonchev–Trinajstić information content (AvgIpc) is 2.36. The summed E-state index contributed by atoms with van der Waals surface area (Å²) in [5, 5.41) is 0. The molecule has 4 nitrogen and oxygen atoms in total. The molecule has 1 aromatic carbocycles. The topological polar surface area (TPSA) is 55.6 Å². The summed E-state index contributed by atoms with van der Waals surface area (Å²) >= 11 is 0. The lowest BCUT2D eigenvalue weighted by Crippen LogP contribution is -2.28. The molecule has 0 atom stereocenters. The van der Waals surface area contributed by atoms with Crippen LogP contribution in [0.5, 0.6) is 0 Å². The third kappa shape index (κ3) is 4.16. The van der Waals surface area contributed by atoms with Gasteiger partial charge in [-0.25, -0.2) is 4.79 Å². The van der Waals surface area contributed by atoms with Gasteiger partial charge in [-0.3, -0.25) is 0 Å². The molecule has 0 aromatic heterocycles. The normalized spacial score (nSPS) is 10.6. The van der Waals surface area contributed by atoms with E-state index in [9.17, 15) is 4.79 Å². The van der Waals surface area contributed by atoms with E-state index >= 15 is 0 Å². The number of hydrogen-bond donors (Lipinski definition) is 1. The highest BCUT2D eigenvalue weighted by Gasteiger charge is 2.14. The second-order valence-corrected chi connectivity index (χ2v) is 4.93. The highest BCUT2D eigenvalue weighted by Crippen LogP contribution is 2.25. The number of benzene rings is 1. The van der Waals surface area contributed by atoms with Gasteiger partial charge in [0.1, 0.15) is 0 Å². The van der Waals surface area contributed by atoms with Crippen LogP contribution in [-0.2, 0) is 4.74 Å². The van der Waals surface area contributed by atoms with Gasteiger partial charge in [-0.1, -0.05) is 13.8 Å². The van der Waals surface area contributed by atoms with Crippen LogP contribution in [0.3, 0.4) is 0 Å². The van der Waals surface area contributed by atoms with Crippen molar-refractivity contribution in [3.8, 4) is 0 Å². The molecule has 0 amide bonds. The first-order valence-electron chi connectivity index (χ1n) is 6.81. The van der Waals surface area contributed by atoms with Gasteiger partial charge in [0.25, 0.3) is 0 Å². The Morgan fingerprint density at radius 2 is 2.05 bits per heavy atom. The van der Waals surface area contributed by atoms with Crippen LogP contribution in [0.15, 0.2) is 18.2 Å². The third-order valence-corrected chi connectivity index (χ3v) is 2.85. The summed E-state index contributed by atoms with van der Waals surface area (Å²) in [5.41, 5.74) is 8.17. The monoisotopic (exact) mass is 264 g/mol. The Labute approximate surface area is 115 Å². The second kappa shape index (κ2) is 7.02. The molecule has 2 N–H and O–H groups in total. The van der Waals surface area contributed by atoms with Crippen LogP contribution in [0.4, 0.5) is 11.4 Å². The lowest BCUT2D eigenvalue weighted by molar-refractivity contribution is 0.0526. The van der Waals surface area contributed by atoms with E-state index < -0.39 is 0 Å². The van der Waals surface area contributed by atoms with Gasteiger partial charge in [-0.05, 0) is 38.0 Å². The molecular weight excluding hydrogens is 240 g/mol. The average molecular weight is 264 g/mol. The van der Waals surface area contributed by atoms with Gasteiger partial charge in [0.15, 0.2) is 0 Å². The Morgan fingerprint density at radius 3 is 2.58 bits per heavy atom. The summed E-state index contributed by atoms with van der Waals surface area (Å²) in [6.07, 6.45) is 0. The van der Waals surface area contributed by atoms with Crippen molar-refractivity contribution in [3.05, 3.63) is 23.8 Å². The standard InChI is InChI=1S/C15H24N2O2/c1-5-17(10-11(3)4)14-9-12(7-8-13(14)16)15(18)19-6-2/h7-9,11H,5-6,10,16H2,1-4H3. The summed E-state index contributed by atoms with van der Waals surface area (Å²) in [6.45, 7) is 10.3. The van der Waals surface area contributed by atoms with Gasteiger partial charge >= 0.3 is 5.97 Å². The zero-order valence-electron chi connectivity index (χ0n) is 12.3. The molecule has 0 spiro atoms. The Hall–Kier alpha value is -1.71. The lowest BCUT2D eigenvalue weighted by atomic mass is 10.1. The van der Waals surface area contributed by atoms with Crippen molar-refractivity contribution in [1.82, 2.24) is 0 Å². The smallest absolute Gasteiger partial charge is 0.338 e. The maximum atomic E-state index is 11.8. The van der Waals surface area contributed by atoms with Gasteiger partial charge in [0.05, 0.1) is 23.5 Å². The highest BCUT2D eigenvalue weighted by molar-refractivity contribution is 5.92. The van der Waals surface area contributed by atoms with Crippen molar-refractivity contribution in [1.29, 1.82) is 0 Å². The lowest BCUT2D eigenvalue weighted by Gasteiger charge is -2.26. The van der Waals surface area contributed by atoms with Crippen LogP contribution in [0.25, 0.3) is 0 Å². The summed E-state index contributed by atoms with van der Waals surface area (Å²) in [4.78, 5) is 13.9. The fourth-order valence-corrected chi connectivity index (χ4v) is 2.00. The van der Waals surface area contributed by atoms with Crippen LogP contribution in [-0.4, -0.2) is 25.7 Å². The number of ether oxygens (including phenoxy) is 1. The third-order valence-electron chi connectivity index (χ3n) is 2.85. The van der Waals surface area contributed by atoms with Gasteiger partial charge in [-0.2, -0.15) is 0 Å². The second-order valence-electron chi connectivity index (χ2n) is 4.93. The predicted molar refractivity (Wildman–Crippen MR) is 79.5 cm³/mol. The van der Waals surface area contributed by atoms with Crippen LogP contribution in [0.1, 0.15) is 38.1 Å². The molecular formula is C15H24N2O2. The van der Waals surface area contributed by atoms with E-state index in [1.807, 2.05) is 6.07 Å². The maximum absolute atomic E-state index is 11.8. The first-order valence-corrected chi connectivity index (χ1v) is 6.81. The molecule has 1 aromatic rings. The highest BCUT2D eigenvalue weighted by atomic mass is 16.5. The molecule has 0 bridgehead atoms. The molecule has 0 aliphatic rings. The fourth-order valence-electron chi connectivity index (χ4n) is 2.00. The number of esters is 1. The molecule has 1 rings (SSSR count). The van der Waals surface area contributed by atoms with Crippen molar-refractivity contribution in [2.45, 2.75) is 27.7 Å². The van der Waals surface area contributed by atoms with Crippen molar-refractivity contribution < 1.29 is 9.53 Å². The summed E-state index contributed by atoms with van der Waals surface area (Å²) in [5.74, 6) is 0.231. The Kier molecular flexibility index (Phi) is 5.67. The minimum absolute atomic E-state index is 0.302. The molecule has 0 saturated heterocycles. The number of anilines is 2. The van der Waals surface area contributed by atoms with Crippen LogP contribution in [0.2, 0.25) is 0 Å². The number of nitrogen functional groups attached to an aromatic ring is 1. The van der Waals surface area contributed by atoms with Crippen molar-refractivity contribution >= 4 is 17.3 Å². The largest absolute Gasteiger partial charge is 0.462 e. The molecule has 0 aliphatic carbocycles. The molecule has 106 valence electrons. The Bertz CT molecular complexity index is 430. The molecule has 0 radical (unpaired) electrons. The molecule has 0 unspecified atom stereocenters. The van der Waals surface area contributed by atoms with E-state index in [-0.39, 0.29) is 5.97 Å². The zero-order chi connectivity index (χ0) is 14.4. The van der Waals surface area contributed by atoms with Crippen molar-refractivity contribution in [3.63, 3.8) is 0 Å². The Morgan fingerprint density at radius 1 is 1.37 bits per heavy atom. The quantitative estimate of drug-likeness (QED) is 0.634. The first-order chi connectivity index (χ1) is 8.99. The van der Waals surface area contributed by atoms with E-state index in [1.54, 1.807) is 19.1 Å². The summed E-state index contributed by atoms with van der Waals surface area (Å²) in [6, 6.07) is 5.30. The number of carbonyl (C=O) groups is 1. The number of hydrogen-bond acceptors (Lipinski definition) is 4. The molecule has 0 fully saturated rings. The van der Waals surface area contributed by atoms with Crippen molar-refractivity contribution in [2.75, 3.05) is 30.3 Å². The SMILES string of the molecule is CCOC(=O)c1ccc(N)c(N(CC)CC(C)C)c1. The van der Waals surface area contributed by atoms with Crippen molar-refractivity contribution in [2.24, 2.45) is 5.92 Å². The molecule has 0 heterocycles. The zero-order valence-corrected chi connectivity index (χ0v) is 12.3. The van der Waals surface area contributed by atoms with Gasteiger partial charge < -0.3 is 15.4 Å². The maximum Gasteiger partial charge on any atom is 0.338 e. The number of nitrogens with two attached hydrogens (primary N) is 1. The van der Waals surface area contributed by atoms with Crippen LogP contribution >= 0.6 is 0 Å². The summed E-state index contributed by atoms with van der Waals surface area (Å²) < 4.78 is 5.02. The number of nitrogens with zero attached hydrogens (tertiary/aromatic N) is 1. The minimum Gasteiger partial charge on any atom is -0.462 e. The van der Waals surface area contributed by atoms with E-state index in [1.165, 1.54) is 0 Å². The molecule has 0 saturated carbocycles. The van der Waals surface area contributed by atoms with Crippen LogP contribution < -0.4 is 10.6 Å². The van der Waals surface area contributed by atoms with E-state index in [2.05, 4.69) is 25.7 Å². The van der Waals surface area contributed by atoms with Gasteiger partial charge in [0.2, 0.25) is 0 Å². The molecule has 0 aliphatic heterocycles.